The van der Waals surface area contributed by atoms with Crippen LogP contribution in [0.4, 0.5) is 10.1 Å². The summed E-state index contributed by atoms with van der Waals surface area (Å²) in [5.41, 5.74) is 5.21. The van der Waals surface area contributed by atoms with Gasteiger partial charge in [-0.05, 0) is 31.9 Å². The quantitative estimate of drug-likeness (QED) is 0.867. The number of halogens is 1. The molecule has 0 radical (unpaired) electrons. The van der Waals surface area contributed by atoms with Gasteiger partial charge in [-0.3, -0.25) is 9.59 Å². The lowest BCUT2D eigenvalue weighted by Crippen LogP contribution is -2.55. The molecule has 1 heterocycles. The fourth-order valence-electron chi connectivity index (χ4n) is 2.68. The summed E-state index contributed by atoms with van der Waals surface area (Å²) < 4.78 is 13.8. The number of rotatable bonds is 5. The highest BCUT2D eigenvalue weighted by Gasteiger charge is 2.37. The van der Waals surface area contributed by atoms with Gasteiger partial charge in [0, 0.05) is 6.54 Å². The Labute approximate surface area is 129 Å². The lowest BCUT2D eigenvalue weighted by Gasteiger charge is -2.25. The molecule has 2 amide bonds. The minimum Gasteiger partial charge on any atom is -0.343 e. The van der Waals surface area contributed by atoms with E-state index in [1.165, 1.54) is 11.0 Å². The van der Waals surface area contributed by atoms with Crippen LogP contribution in [0.5, 0.6) is 0 Å². The van der Waals surface area contributed by atoms with Gasteiger partial charge in [0.25, 0.3) is 0 Å². The molecule has 0 aliphatic carbocycles. The molecule has 1 aliphatic rings. The fourth-order valence-corrected chi connectivity index (χ4v) is 2.68. The van der Waals surface area contributed by atoms with Crippen LogP contribution >= 0.6 is 0 Å². The molecule has 1 saturated heterocycles. The van der Waals surface area contributed by atoms with Crippen molar-refractivity contribution in [2.45, 2.75) is 44.7 Å². The van der Waals surface area contributed by atoms with Crippen molar-refractivity contribution in [1.29, 1.82) is 0 Å². The molecule has 0 bridgehead atoms. The highest BCUT2D eigenvalue weighted by Crippen LogP contribution is 2.24. The molecule has 1 aromatic rings. The van der Waals surface area contributed by atoms with E-state index in [0.717, 1.165) is 6.42 Å². The van der Waals surface area contributed by atoms with Crippen LogP contribution in [0.25, 0.3) is 0 Å². The van der Waals surface area contributed by atoms with Crippen LogP contribution in [0.2, 0.25) is 0 Å². The molecule has 1 aromatic carbocycles. The Hall–Kier alpha value is -1.95. The number of anilines is 1. The van der Waals surface area contributed by atoms with Gasteiger partial charge in [-0.15, -0.1) is 0 Å². The second-order valence-electron chi connectivity index (χ2n) is 5.92. The summed E-state index contributed by atoms with van der Waals surface area (Å²) in [6.45, 7) is 3.97. The van der Waals surface area contributed by atoms with Crippen LogP contribution < -0.4 is 16.0 Å². The summed E-state index contributed by atoms with van der Waals surface area (Å²) in [7, 11) is 0. The largest absolute Gasteiger partial charge is 0.343 e. The van der Waals surface area contributed by atoms with Crippen LogP contribution in [0.15, 0.2) is 24.3 Å². The smallest absolute Gasteiger partial charge is 0.249 e. The summed E-state index contributed by atoms with van der Waals surface area (Å²) in [5.74, 6) is -1.09. The number of carbonyl (C=O) groups excluding carboxylic acids is 2. The number of benzene rings is 1. The highest BCUT2D eigenvalue weighted by atomic mass is 19.1. The maximum atomic E-state index is 13.8. The number of nitrogens with zero attached hydrogens (tertiary/aromatic N) is 1. The first-order valence-electron chi connectivity index (χ1n) is 7.52. The molecule has 120 valence electrons. The molecule has 0 saturated carbocycles. The number of para-hydroxylation sites is 1. The normalized spacial score (nSPS) is 20.8. The number of nitrogens with two attached hydrogens (primary N) is 1. The lowest BCUT2D eigenvalue weighted by molar-refractivity contribution is -0.130. The van der Waals surface area contributed by atoms with E-state index >= 15 is 0 Å². The zero-order chi connectivity index (χ0) is 16.3. The number of hydrogen-bond acceptors (Lipinski definition) is 3. The summed E-state index contributed by atoms with van der Waals surface area (Å²) in [4.78, 5) is 25.9. The molecule has 2 rings (SSSR count). The van der Waals surface area contributed by atoms with E-state index in [1.807, 2.05) is 6.92 Å². The zero-order valence-corrected chi connectivity index (χ0v) is 12.9. The van der Waals surface area contributed by atoms with Crippen molar-refractivity contribution in [2.24, 2.45) is 5.73 Å². The van der Waals surface area contributed by atoms with Crippen molar-refractivity contribution in [2.75, 3.05) is 11.4 Å². The summed E-state index contributed by atoms with van der Waals surface area (Å²) in [6.07, 6.45) is 1.76. The van der Waals surface area contributed by atoms with Crippen molar-refractivity contribution in [1.82, 2.24) is 5.32 Å². The average Bonchev–Trinajstić information content (AvgIpc) is 2.81. The van der Waals surface area contributed by atoms with Crippen LogP contribution in [-0.4, -0.2) is 29.9 Å². The molecule has 3 N–H and O–H groups in total. The lowest BCUT2D eigenvalue weighted by atomic mass is 9.96. The third kappa shape index (κ3) is 3.27. The summed E-state index contributed by atoms with van der Waals surface area (Å²) in [5, 5.41) is 2.70. The first-order valence-corrected chi connectivity index (χ1v) is 7.52. The van der Waals surface area contributed by atoms with Gasteiger partial charge >= 0.3 is 0 Å². The van der Waals surface area contributed by atoms with Gasteiger partial charge in [0.1, 0.15) is 11.9 Å². The molecule has 5 nitrogen and oxygen atoms in total. The number of nitrogens with one attached hydrogen (secondary N) is 1. The van der Waals surface area contributed by atoms with Crippen LogP contribution in [0.1, 0.15) is 33.1 Å². The van der Waals surface area contributed by atoms with E-state index in [4.69, 9.17) is 5.73 Å². The van der Waals surface area contributed by atoms with Gasteiger partial charge in [0.05, 0.1) is 11.2 Å². The molecule has 0 spiro atoms. The topological polar surface area (TPSA) is 75.4 Å². The van der Waals surface area contributed by atoms with E-state index in [-0.39, 0.29) is 17.5 Å². The highest BCUT2D eigenvalue weighted by molar-refractivity contribution is 6.02. The van der Waals surface area contributed by atoms with E-state index in [9.17, 15) is 14.0 Å². The number of carbonyl (C=O) groups is 2. The number of amides is 2. The Morgan fingerprint density at radius 2 is 2.18 bits per heavy atom. The first-order chi connectivity index (χ1) is 10.4. The standard InChI is InChI=1S/C16H22FN3O2/c1-3-9-16(2,18)15(22)19-12-8-10-20(14(12)21)13-7-5-4-6-11(13)17/h4-7,12H,3,8-10,18H2,1-2H3,(H,19,22). The van der Waals surface area contributed by atoms with Gasteiger partial charge < -0.3 is 16.0 Å². The van der Waals surface area contributed by atoms with Crippen molar-refractivity contribution in [3.8, 4) is 0 Å². The van der Waals surface area contributed by atoms with Crippen molar-refractivity contribution in [3.05, 3.63) is 30.1 Å². The van der Waals surface area contributed by atoms with Gasteiger partial charge in [0.15, 0.2) is 0 Å². The molecule has 2 atom stereocenters. The predicted octanol–water partition coefficient (Wildman–Crippen LogP) is 1.56. The van der Waals surface area contributed by atoms with Crippen molar-refractivity contribution < 1.29 is 14.0 Å². The second-order valence-corrected chi connectivity index (χ2v) is 5.92. The van der Waals surface area contributed by atoms with E-state index < -0.39 is 17.4 Å². The zero-order valence-electron chi connectivity index (χ0n) is 12.9. The Balaban J connectivity index is 2.06. The van der Waals surface area contributed by atoms with E-state index in [0.29, 0.717) is 19.4 Å². The van der Waals surface area contributed by atoms with Crippen molar-refractivity contribution >= 4 is 17.5 Å². The summed E-state index contributed by atoms with van der Waals surface area (Å²) in [6, 6.07) is 5.47. The fraction of sp³-hybridized carbons (Fsp3) is 0.500. The Kier molecular flexibility index (Phi) is 4.81. The van der Waals surface area contributed by atoms with E-state index in [2.05, 4.69) is 5.32 Å². The SMILES string of the molecule is CCCC(C)(N)C(=O)NC1CCN(c2ccccc2F)C1=O. The maximum absolute atomic E-state index is 13.8. The van der Waals surface area contributed by atoms with Gasteiger partial charge in [-0.2, -0.15) is 0 Å². The minimum atomic E-state index is -1.000. The van der Waals surface area contributed by atoms with Gasteiger partial charge in [-0.1, -0.05) is 25.5 Å². The monoisotopic (exact) mass is 307 g/mol. The third-order valence-electron chi connectivity index (χ3n) is 3.94. The predicted molar refractivity (Wildman–Crippen MR) is 82.8 cm³/mol. The average molecular weight is 307 g/mol. The molecule has 0 aromatic heterocycles. The molecule has 2 unspecified atom stereocenters. The Morgan fingerprint density at radius 1 is 1.50 bits per heavy atom. The third-order valence-corrected chi connectivity index (χ3v) is 3.94. The van der Waals surface area contributed by atoms with Gasteiger partial charge in [-0.25, -0.2) is 4.39 Å². The molecule has 22 heavy (non-hydrogen) atoms. The van der Waals surface area contributed by atoms with Crippen LogP contribution in [0.3, 0.4) is 0 Å². The Morgan fingerprint density at radius 3 is 2.82 bits per heavy atom. The minimum absolute atomic E-state index is 0.244. The van der Waals surface area contributed by atoms with Crippen LogP contribution in [0, 0.1) is 5.82 Å². The Bertz CT molecular complexity index is 574. The van der Waals surface area contributed by atoms with Crippen LogP contribution in [-0.2, 0) is 9.59 Å². The molecular formula is C16H22FN3O2. The maximum Gasteiger partial charge on any atom is 0.249 e. The molecule has 6 heteroatoms. The van der Waals surface area contributed by atoms with Gasteiger partial charge in [0.2, 0.25) is 11.8 Å². The number of hydrogen-bond donors (Lipinski definition) is 2. The van der Waals surface area contributed by atoms with Crippen molar-refractivity contribution in [3.63, 3.8) is 0 Å². The molecule has 1 aliphatic heterocycles. The van der Waals surface area contributed by atoms with E-state index in [1.54, 1.807) is 25.1 Å². The first kappa shape index (κ1) is 16.4. The molecular weight excluding hydrogens is 285 g/mol. The second kappa shape index (κ2) is 6.44. The summed E-state index contributed by atoms with van der Waals surface area (Å²) >= 11 is 0. The molecule has 1 fully saturated rings.